The van der Waals surface area contributed by atoms with E-state index in [4.69, 9.17) is 5.11 Å². The van der Waals surface area contributed by atoms with E-state index in [9.17, 15) is 14.7 Å². The van der Waals surface area contributed by atoms with Gasteiger partial charge in [0.1, 0.15) is 0 Å². The van der Waals surface area contributed by atoms with Gasteiger partial charge in [-0.05, 0) is 37.5 Å². The minimum Gasteiger partial charge on any atom is -0.396 e. The summed E-state index contributed by atoms with van der Waals surface area (Å²) in [6.45, 7) is 2.13. The second-order valence-electron chi connectivity index (χ2n) is 6.17. The van der Waals surface area contributed by atoms with Gasteiger partial charge in [0.25, 0.3) is 5.56 Å². The number of aromatic amines is 1. The molecule has 0 fully saturated rings. The molecule has 0 saturated carbocycles. The topological polar surface area (TPSA) is 133 Å². The lowest BCUT2D eigenvalue weighted by atomic mass is 10.1. The number of hydrogen-bond acceptors (Lipinski definition) is 7. The smallest absolute Gasteiger partial charge is 0.349 e. The standard InChI is InChI=1S/C17H21N5O4/c1-9-7-12-13(8-11(9)18-2)22(5-3-10(24)4-6-23)15-14(19-12)16(25)21-17(26)20-15/h7-8,10,18,23-24H,3-6H2,1-2H3,(H,21,25,26)/t10-/m0/s1. The predicted octanol–water partition coefficient (Wildman–Crippen LogP) is 0.0681. The monoisotopic (exact) mass is 359 g/mol. The van der Waals surface area contributed by atoms with Crippen molar-refractivity contribution in [2.24, 2.45) is 0 Å². The summed E-state index contributed by atoms with van der Waals surface area (Å²) < 4.78 is 1.72. The molecule has 0 aliphatic carbocycles. The van der Waals surface area contributed by atoms with Crippen molar-refractivity contribution in [3.63, 3.8) is 0 Å². The first-order valence-electron chi connectivity index (χ1n) is 8.36. The second-order valence-corrected chi connectivity index (χ2v) is 6.17. The minimum absolute atomic E-state index is 0.0744. The quantitative estimate of drug-likeness (QED) is 0.458. The van der Waals surface area contributed by atoms with E-state index in [-0.39, 0.29) is 24.5 Å². The van der Waals surface area contributed by atoms with Crippen molar-refractivity contribution in [2.45, 2.75) is 32.4 Å². The molecule has 138 valence electrons. The number of benzene rings is 1. The summed E-state index contributed by atoms with van der Waals surface area (Å²) in [5.74, 6) is 0.174. The van der Waals surface area contributed by atoms with Gasteiger partial charge in [0.15, 0.2) is 11.5 Å². The average Bonchev–Trinajstić information content (AvgIpc) is 2.59. The Balaban J connectivity index is 2.27. The summed E-state index contributed by atoms with van der Waals surface area (Å²) in [5.41, 5.74) is 1.87. The molecule has 0 aromatic heterocycles. The summed E-state index contributed by atoms with van der Waals surface area (Å²) in [7, 11) is 1.80. The van der Waals surface area contributed by atoms with Gasteiger partial charge in [-0.3, -0.25) is 9.78 Å². The molecule has 2 aliphatic heterocycles. The first-order chi connectivity index (χ1) is 12.4. The van der Waals surface area contributed by atoms with Gasteiger partial charge in [0.2, 0.25) is 0 Å². The predicted molar refractivity (Wildman–Crippen MR) is 97.7 cm³/mol. The number of nitrogens with zero attached hydrogens (tertiary/aromatic N) is 3. The Kier molecular flexibility index (Phi) is 5.01. The van der Waals surface area contributed by atoms with Gasteiger partial charge in [0, 0.05) is 25.9 Å². The maximum atomic E-state index is 12.2. The lowest BCUT2D eigenvalue weighted by molar-refractivity contribution is 0.121. The molecule has 26 heavy (non-hydrogen) atoms. The highest BCUT2D eigenvalue weighted by Gasteiger charge is 2.20. The van der Waals surface area contributed by atoms with Crippen LogP contribution in [0.1, 0.15) is 18.4 Å². The number of H-pyrrole nitrogens is 1. The Morgan fingerprint density at radius 1 is 1.27 bits per heavy atom. The number of hydrogen-bond donors (Lipinski definition) is 4. The van der Waals surface area contributed by atoms with Crippen LogP contribution in [-0.2, 0) is 6.54 Å². The van der Waals surface area contributed by atoms with E-state index in [2.05, 4.69) is 20.3 Å². The van der Waals surface area contributed by atoms with Gasteiger partial charge in [-0.15, -0.1) is 0 Å². The van der Waals surface area contributed by atoms with E-state index in [0.717, 1.165) is 11.3 Å². The van der Waals surface area contributed by atoms with Crippen LogP contribution in [0, 0.1) is 6.92 Å². The van der Waals surface area contributed by atoms with Crippen LogP contribution in [0.25, 0.3) is 22.6 Å². The first-order valence-corrected chi connectivity index (χ1v) is 8.36. The van der Waals surface area contributed by atoms with E-state index < -0.39 is 17.4 Å². The Hall–Kier alpha value is -2.78. The molecular formula is C17H21N5O4. The number of aromatic nitrogens is 4. The largest absolute Gasteiger partial charge is 0.396 e. The van der Waals surface area contributed by atoms with Crippen molar-refractivity contribution in [3.8, 4) is 11.5 Å². The van der Waals surface area contributed by atoms with Crippen molar-refractivity contribution in [1.29, 1.82) is 0 Å². The molecule has 1 aromatic carbocycles. The molecule has 4 N–H and O–H groups in total. The van der Waals surface area contributed by atoms with Gasteiger partial charge in [-0.1, -0.05) is 0 Å². The minimum atomic E-state index is -0.741. The lowest BCUT2D eigenvalue weighted by Crippen LogP contribution is -2.29. The zero-order valence-electron chi connectivity index (χ0n) is 14.6. The van der Waals surface area contributed by atoms with Crippen molar-refractivity contribution in [3.05, 3.63) is 38.5 Å². The summed E-state index contributed by atoms with van der Waals surface area (Å²) in [4.78, 5) is 34.3. The Labute approximate surface area is 148 Å². The SMILES string of the molecule is CNc1cc2c(cc1C)nc1c(=O)[nH]c(=O)nc-1n2CC[C@H](O)CCO. The van der Waals surface area contributed by atoms with Crippen LogP contribution in [0.2, 0.25) is 0 Å². The fourth-order valence-electron chi connectivity index (χ4n) is 3.01. The number of aliphatic hydroxyl groups is 2. The highest BCUT2D eigenvalue weighted by Crippen LogP contribution is 2.26. The molecule has 0 radical (unpaired) electrons. The summed E-state index contributed by atoms with van der Waals surface area (Å²) >= 11 is 0. The van der Waals surface area contributed by atoms with Gasteiger partial charge < -0.3 is 20.1 Å². The molecule has 3 rings (SSSR count). The van der Waals surface area contributed by atoms with E-state index in [1.807, 2.05) is 19.1 Å². The van der Waals surface area contributed by atoms with Crippen molar-refractivity contribution < 1.29 is 10.2 Å². The van der Waals surface area contributed by atoms with Crippen molar-refractivity contribution in [2.75, 3.05) is 19.0 Å². The summed E-state index contributed by atoms with van der Waals surface area (Å²) in [6, 6.07) is 3.73. The molecule has 2 aliphatic rings. The number of nitrogens with one attached hydrogen (secondary N) is 2. The van der Waals surface area contributed by atoms with Crippen molar-refractivity contribution in [1.82, 2.24) is 19.5 Å². The summed E-state index contributed by atoms with van der Waals surface area (Å²) in [5, 5.41) is 22.0. The van der Waals surface area contributed by atoms with E-state index in [1.54, 1.807) is 11.6 Å². The van der Waals surface area contributed by atoms with Crippen LogP contribution in [0.4, 0.5) is 5.69 Å². The molecule has 0 unspecified atom stereocenters. The van der Waals surface area contributed by atoms with Crippen LogP contribution in [0.3, 0.4) is 0 Å². The normalized spacial score (nSPS) is 12.6. The fourth-order valence-corrected chi connectivity index (χ4v) is 3.01. The van der Waals surface area contributed by atoms with E-state index in [0.29, 0.717) is 24.0 Å². The van der Waals surface area contributed by atoms with Crippen LogP contribution in [0.5, 0.6) is 0 Å². The lowest BCUT2D eigenvalue weighted by Gasteiger charge is -2.19. The van der Waals surface area contributed by atoms with E-state index in [1.165, 1.54) is 0 Å². The van der Waals surface area contributed by atoms with Gasteiger partial charge in [-0.25, -0.2) is 9.78 Å². The highest BCUT2D eigenvalue weighted by molar-refractivity contribution is 5.84. The third-order valence-electron chi connectivity index (χ3n) is 4.37. The molecule has 2 heterocycles. The van der Waals surface area contributed by atoms with E-state index >= 15 is 0 Å². The average molecular weight is 359 g/mol. The van der Waals surface area contributed by atoms with Crippen molar-refractivity contribution >= 4 is 16.7 Å². The molecule has 0 spiro atoms. The highest BCUT2D eigenvalue weighted by atomic mass is 16.3. The number of anilines is 1. The first kappa shape index (κ1) is 18.0. The maximum absolute atomic E-state index is 12.2. The molecule has 0 bridgehead atoms. The molecule has 0 saturated heterocycles. The summed E-state index contributed by atoms with van der Waals surface area (Å²) in [6.07, 6.45) is -0.109. The van der Waals surface area contributed by atoms with Gasteiger partial charge >= 0.3 is 5.69 Å². The van der Waals surface area contributed by atoms with Crippen LogP contribution in [-0.4, -0.2) is 49.5 Å². The molecule has 1 atom stereocenters. The Bertz CT molecular complexity index is 1030. The Morgan fingerprint density at radius 3 is 2.73 bits per heavy atom. The number of fused-ring (bicyclic) bond motifs is 2. The maximum Gasteiger partial charge on any atom is 0.349 e. The third-order valence-corrected chi connectivity index (χ3v) is 4.37. The van der Waals surface area contributed by atoms with Gasteiger partial charge in [-0.2, -0.15) is 4.98 Å². The second kappa shape index (κ2) is 7.22. The molecule has 9 nitrogen and oxygen atoms in total. The molecule has 1 aromatic rings. The number of aliphatic hydroxyl groups excluding tert-OH is 2. The fraction of sp³-hybridized carbons (Fsp3) is 0.412. The Morgan fingerprint density at radius 2 is 2.04 bits per heavy atom. The van der Waals surface area contributed by atoms with Crippen LogP contribution >= 0.6 is 0 Å². The molecule has 0 amide bonds. The number of aryl methyl sites for hydroxylation is 2. The molecular weight excluding hydrogens is 338 g/mol. The zero-order valence-corrected chi connectivity index (χ0v) is 14.6. The molecule has 9 heteroatoms. The van der Waals surface area contributed by atoms with Crippen LogP contribution in [0.15, 0.2) is 21.7 Å². The number of rotatable bonds is 6. The van der Waals surface area contributed by atoms with Gasteiger partial charge in [0.05, 0.1) is 17.1 Å². The van der Waals surface area contributed by atoms with Crippen LogP contribution < -0.4 is 16.6 Å². The zero-order chi connectivity index (χ0) is 18.8. The third kappa shape index (κ3) is 3.31.